The first-order chi connectivity index (χ1) is 14.0. The summed E-state index contributed by atoms with van der Waals surface area (Å²) >= 11 is 7.47. The molecular formula is C22H17ClN2O3S. The lowest BCUT2D eigenvalue weighted by molar-refractivity contribution is 0.0971. The van der Waals surface area contributed by atoms with Gasteiger partial charge in [-0.1, -0.05) is 29.8 Å². The minimum absolute atomic E-state index is 0.153. The minimum Gasteiger partial charge on any atom is -0.292 e. The number of aryl methyl sites for hydroxylation is 1. The molecule has 0 spiro atoms. The van der Waals surface area contributed by atoms with Crippen molar-refractivity contribution in [3.63, 3.8) is 0 Å². The summed E-state index contributed by atoms with van der Waals surface area (Å²) in [6.45, 7) is 0.110. The number of carbonyl (C=O) groups excluding carboxylic acids is 1. The monoisotopic (exact) mass is 424 g/mol. The van der Waals surface area contributed by atoms with E-state index in [2.05, 4.69) is 0 Å². The number of benzene rings is 2. The van der Waals surface area contributed by atoms with Crippen LogP contribution in [0.5, 0.6) is 0 Å². The van der Waals surface area contributed by atoms with Crippen LogP contribution in [0.25, 0.3) is 10.9 Å². The van der Waals surface area contributed by atoms with Crippen molar-refractivity contribution < 1.29 is 4.79 Å². The Bertz CT molecular complexity index is 1290. The Morgan fingerprint density at radius 3 is 2.41 bits per heavy atom. The summed E-state index contributed by atoms with van der Waals surface area (Å²) in [7, 11) is 0. The highest BCUT2D eigenvalue weighted by molar-refractivity contribution is 7.09. The first kappa shape index (κ1) is 19.4. The third-order valence-corrected chi connectivity index (χ3v) is 5.95. The zero-order valence-corrected chi connectivity index (χ0v) is 16.9. The van der Waals surface area contributed by atoms with Crippen LogP contribution in [0, 0.1) is 0 Å². The van der Waals surface area contributed by atoms with Gasteiger partial charge in [-0.15, -0.1) is 11.3 Å². The van der Waals surface area contributed by atoms with Gasteiger partial charge in [-0.05, 0) is 54.3 Å². The van der Waals surface area contributed by atoms with Crippen molar-refractivity contribution in [2.45, 2.75) is 19.5 Å². The van der Waals surface area contributed by atoms with Crippen molar-refractivity contribution in [3.05, 3.63) is 102 Å². The second kappa shape index (κ2) is 8.19. The first-order valence-corrected chi connectivity index (χ1v) is 10.3. The second-order valence-electron chi connectivity index (χ2n) is 6.60. The molecule has 0 aliphatic rings. The smallest absolute Gasteiger partial charge is 0.292 e. The number of rotatable bonds is 6. The molecule has 146 valence electrons. The summed E-state index contributed by atoms with van der Waals surface area (Å²) in [5.74, 6) is -0.225. The summed E-state index contributed by atoms with van der Waals surface area (Å²) < 4.78 is 2.60. The third-order valence-electron chi connectivity index (χ3n) is 4.76. The average molecular weight is 425 g/mol. The second-order valence-corrected chi connectivity index (χ2v) is 8.07. The molecule has 7 heteroatoms. The lowest BCUT2D eigenvalue weighted by Crippen LogP contribution is -2.41. The van der Waals surface area contributed by atoms with Gasteiger partial charge >= 0.3 is 5.69 Å². The number of thiophene rings is 1. The van der Waals surface area contributed by atoms with Crippen molar-refractivity contribution in [3.8, 4) is 0 Å². The molecule has 0 bridgehead atoms. The quantitative estimate of drug-likeness (QED) is 0.439. The first-order valence-electron chi connectivity index (χ1n) is 9.08. The summed E-state index contributed by atoms with van der Waals surface area (Å²) in [6.07, 6.45) is 0.580. The summed E-state index contributed by atoms with van der Waals surface area (Å²) in [6, 6.07) is 17.3. The van der Waals surface area contributed by atoms with Crippen molar-refractivity contribution in [2.75, 3.05) is 0 Å². The number of hydrogen-bond donors (Lipinski definition) is 0. The molecule has 0 fully saturated rings. The third kappa shape index (κ3) is 3.95. The van der Waals surface area contributed by atoms with Gasteiger partial charge in [0.15, 0.2) is 5.78 Å². The molecule has 0 aliphatic carbocycles. The average Bonchev–Trinajstić information content (AvgIpc) is 3.25. The highest BCUT2D eigenvalue weighted by Gasteiger charge is 2.16. The molecule has 2 aromatic carbocycles. The van der Waals surface area contributed by atoms with Gasteiger partial charge in [0.1, 0.15) is 0 Å². The Balaban J connectivity index is 1.77. The van der Waals surface area contributed by atoms with E-state index in [0.717, 1.165) is 4.88 Å². The van der Waals surface area contributed by atoms with E-state index in [1.807, 2.05) is 17.5 Å². The number of hydrogen-bond acceptors (Lipinski definition) is 4. The summed E-state index contributed by atoms with van der Waals surface area (Å²) in [5, 5.41) is 2.91. The van der Waals surface area contributed by atoms with Crippen LogP contribution in [0.3, 0.4) is 0 Å². The Kier molecular flexibility index (Phi) is 5.47. The highest BCUT2D eigenvalue weighted by Crippen LogP contribution is 2.13. The van der Waals surface area contributed by atoms with Crippen molar-refractivity contribution in [1.82, 2.24) is 9.13 Å². The normalized spacial score (nSPS) is 11.1. The number of carbonyl (C=O) groups is 1. The molecule has 0 saturated carbocycles. The van der Waals surface area contributed by atoms with E-state index in [-0.39, 0.29) is 24.4 Å². The van der Waals surface area contributed by atoms with Gasteiger partial charge in [0.25, 0.3) is 5.56 Å². The van der Waals surface area contributed by atoms with Crippen LogP contribution in [-0.4, -0.2) is 14.9 Å². The number of para-hydroxylation sites is 1. The Morgan fingerprint density at radius 2 is 1.69 bits per heavy atom. The van der Waals surface area contributed by atoms with E-state index in [0.29, 0.717) is 27.9 Å². The molecule has 0 N–H and O–H groups in total. The number of nitrogens with zero attached hydrogens (tertiary/aromatic N) is 2. The largest absolute Gasteiger partial charge is 0.331 e. The Hall–Kier alpha value is -2.96. The Morgan fingerprint density at radius 1 is 0.931 bits per heavy atom. The van der Waals surface area contributed by atoms with Crippen molar-refractivity contribution in [2.24, 2.45) is 0 Å². The molecule has 0 amide bonds. The molecule has 2 heterocycles. The molecule has 0 unspecified atom stereocenters. The molecule has 0 atom stereocenters. The summed E-state index contributed by atoms with van der Waals surface area (Å²) in [4.78, 5) is 39.9. The lowest BCUT2D eigenvalue weighted by Gasteiger charge is -2.13. The van der Waals surface area contributed by atoms with Gasteiger partial charge in [0.05, 0.1) is 17.4 Å². The van der Waals surface area contributed by atoms with Gasteiger partial charge in [0, 0.05) is 22.0 Å². The van der Waals surface area contributed by atoms with Crippen LogP contribution in [0.15, 0.2) is 75.6 Å². The minimum atomic E-state index is -0.479. The number of Topliss-reactive ketones (excluding diaryl/α,β-unsaturated/α-hetero) is 1. The molecule has 29 heavy (non-hydrogen) atoms. The van der Waals surface area contributed by atoms with Crippen LogP contribution in [0.4, 0.5) is 0 Å². The maximum atomic E-state index is 13.1. The van der Waals surface area contributed by atoms with E-state index in [1.165, 1.54) is 9.13 Å². The SMILES string of the molecule is O=C(Cn1c(=O)n(CCc2cccs2)c(=O)c2ccccc21)c1ccc(Cl)cc1. The van der Waals surface area contributed by atoms with Crippen LogP contribution in [0.1, 0.15) is 15.2 Å². The van der Waals surface area contributed by atoms with Crippen LogP contribution in [0.2, 0.25) is 5.02 Å². The topological polar surface area (TPSA) is 61.1 Å². The lowest BCUT2D eigenvalue weighted by atomic mass is 10.1. The Labute approximate surface area is 175 Å². The maximum Gasteiger partial charge on any atom is 0.331 e. The van der Waals surface area contributed by atoms with Gasteiger partial charge in [0.2, 0.25) is 0 Å². The van der Waals surface area contributed by atoms with Gasteiger partial charge < -0.3 is 0 Å². The molecule has 0 aliphatic heterocycles. The van der Waals surface area contributed by atoms with Gasteiger partial charge in [-0.2, -0.15) is 0 Å². The number of aromatic nitrogens is 2. The standard InChI is InChI=1S/C22H17ClN2O3S/c23-16-9-7-15(8-10-16)20(26)14-25-19-6-2-1-5-18(19)21(27)24(22(25)28)12-11-17-4-3-13-29-17/h1-10,13H,11-12,14H2. The van der Waals surface area contributed by atoms with Crippen LogP contribution in [-0.2, 0) is 19.5 Å². The van der Waals surface area contributed by atoms with Crippen molar-refractivity contribution >= 4 is 39.6 Å². The predicted octanol–water partition coefficient (Wildman–Crippen LogP) is 4.00. The molecule has 4 aromatic rings. The van der Waals surface area contributed by atoms with Gasteiger partial charge in [-0.3, -0.25) is 18.7 Å². The van der Waals surface area contributed by atoms with Crippen molar-refractivity contribution in [1.29, 1.82) is 0 Å². The number of ketones is 1. The molecule has 2 aromatic heterocycles. The maximum absolute atomic E-state index is 13.1. The molecule has 4 rings (SSSR count). The van der Waals surface area contributed by atoms with E-state index in [1.54, 1.807) is 59.9 Å². The zero-order valence-electron chi connectivity index (χ0n) is 15.4. The fraction of sp³-hybridized carbons (Fsp3) is 0.136. The van der Waals surface area contributed by atoms with E-state index >= 15 is 0 Å². The fourth-order valence-corrected chi connectivity index (χ4v) is 4.09. The fourth-order valence-electron chi connectivity index (χ4n) is 3.27. The van der Waals surface area contributed by atoms with E-state index in [4.69, 9.17) is 11.6 Å². The predicted molar refractivity (Wildman–Crippen MR) is 116 cm³/mol. The molecular weight excluding hydrogens is 408 g/mol. The van der Waals surface area contributed by atoms with E-state index < -0.39 is 5.69 Å². The highest BCUT2D eigenvalue weighted by atomic mass is 35.5. The van der Waals surface area contributed by atoms with Crippen LogP contribution >= 0.6 is 22.9 Å². The molecule has 5 nitrogen and oxygen atoms in total. The number of fused-ring (bicyclic) bond motifs is 1. The zero-order chi connectivity index (χ0) is 20.4. The summed E-state index contributed by atoms with van der Waals surface area (Å²) in [5.41, 5.74) is 0.101. The van der Waals surface area contributed by atoms with Crippen LogP contribution < -0.4 is 11.2 Å². The van der Waals surface area contributed by atoms with Gasteiger partial charge in [-0.25, -0.2) is 4.79 Å². The number of halogens is 1. The molecule has 0 saturated heterocycles. The molecule has 0 radical (unpaired) electrons. The van der Waals surface area contributed by atoms with E-state index in [9.17, 15) is 14.4 Å².